The molecule has 0 atom stereocenters. The third kappa shape index (κ3) is 3.79. The second kappa shape index (κ2) is 6.66. The molecule has 1 amide bonds. The molecule has 0 radical (unpaired) electrons. The number of carbonyl (C=O) groups is 1. The molecule has 0 spiro atoms. The van der Waals surface area contributed by atoms with E-state index in [2.05, 4.69) is 27.1 Å². The van der Waals surface area contributed by atoms with Crippen molar-refractivity contribution < 1.29 is 4.79 Å². The predicted octanol–water partition coefficient (Wildman–Crippen LogP) is 1.69. The first-order valence-corrected chi connectivity index (χ1v) is 6.14. The van der Waals surface area contributed by atoms with Gasteiger partial charge in [0.2, 0.25) is 0 Å². The van der Waals surface area contributed by atoms with Crippen molar-refractivity contribution in [3.05, 3.63) is 52.9 Å². The number of pyridine rings is 2. The van der Waals surface area contributed by atoms with Gasteiger partial charge in [0.05, 0.1) is 17.1 Å². The summed E-state index contributed by atoms with van der Waals surface area (Å²) in [6, 6.07) is 4.90. The average Bonchev–Trinajstić information content (AvgIpc) is 2.48. The Balaban J connectivity index is 2.14. The number of halogens is 1. The Labute approximate surface area is 121 Å². The summed E-state index contributed by atoms with van der Waals surface area (Å²) < 4.78 is 0. The lowest BCUT2D eigenvalue weighted by molar-refractivity contribution is 0.102. The Hall–Kier alpha value is -2.42. The average molecular weight is 287 g/mol. The zero-order chi connectivity index (χ0) is 14.4. The highest BCUT2D eigenvalue weighted by Crippen LogP contribution is 2.11. The Morgan fingerprint density at radius 1 is 1.35 bits per heavy atom. The topological polar surface area (TPSA) is 80.9 Å². The molecule has 0 aliphatic carbocycles. The van der Waals surface area contributed by atoms with E-state index < -0.39 is 0 Å². The van der Waals surface area contributed by atoms with Crippen molar-refractivity contribution in [2.45, 2.75) is 0 Å². The Bertz CT molecular complexity index is 674. The van der Waals surface area contributed by atoms with E-state index >= 15 is 0 Å². The second-order valence-corrected chi connectivity index (χ2v) is 4.22. The van der Waals surface area contributed by atoms with Gasteiger partial charge < -0.3 is 11.1 Å². The molecule has 5 nitrogen and oxygen atoms in total. The number of nitrogens with zero attached hydrogens (tertiary/aromatic N) is 2. The van der Waals surface area contributed by atoms with Gasteiger partial charge in [0.25, 0.3) is 5.91 Å². The van der Waals surface area contributed by atoms with E-state index in [1.54, 1.807) is 24.4 Å². The van der Waals surface area contributed by atoms with Crippen molar-refractivity contribution in [3.8, 4) is 11.8 Å². The van der Waals surface area contributed by atoms with Gasteiger partial charge in [-0.15, -0.1) is 0 Å². The zero-order valence-electron chi connectivity index (χ0n) is 10.4. The molecule has 2 aromatic heterocycles. The molecule has 0 saturated heterocycles. The first-order valence-electron chi connectivity index (χ1n) is 5.76. The predicted molar refractivity (Wildman–Crippen MR) is 77.4 cm³/mol. The number of amides is 1. The van der Waals surface area contributed by atoms with E-state index in [0.717, 1.165) is 0 Å². The zero-order valence-corrected chi connectivity index (χ0v) is 11.2. The van der Waals surface area contributed by atoms with Crippen molar-refractivity contribution in [2.75, 3.05) is 11.9 Å². The van der Waals surface area contributed by atoms with E-state index in [9.17, 15) is 4.79 Å². The Morgan fingerprint density at radius 3 is 2.90 bits per heavy atom. The maximum atomic E-state index is 12.0. The molecule has 6 heteroatoms. The molecular formula is C14H11ClN4O. The summed E-state index contributed by atoms with van der Waals surface area (Å²) in [6.45, 7) is 0.255. The highest BCUT2D eigenvalue weighted by molar-refractivity contribution is 6.30. The normalized spacial score (nSPS) is 9.50. The maximum Gasteiger partial charge on any atom is 0.258 e. The van der Waals surface area contributed by atoms with Crippen molar-refractivity contribution in [1.82, 2.24) is 9.97 Å². The molecule has 3 N–H and O–H groups in total. The van der Waals surface area contributed by atoms with Gasteiger partial charge in [0, 0.05) is 24.2 Å². The number of aromatic nitrogens is 2. The third-order valence-corrected chi connectivity index (χ3v) is 2.53. The van der Waals surface area contributed by atoms with E-state index in [4.69, 9.17) is 17.3 Å². The fraction of sp³-hybridized carbons (Fsp3) is 0.0714. The van der Waals surface area contributed by atoms with Crippen molar-refractivity contribution in [3.63, 3.8) is 0 Å². The van der Waals surface area contributed by atoms with E-state index in [1.165, 1.54) is 12.4 Å². The molecule has 0 saturated carbocycles. The molecule has 2 heterocycles. The van der Waals surface area contributed by atoms with Crippen LogP contribution < -0.4 is 11.1 Å². The molecular weight excluding hydrogens is 276 g/mol. The second-order valence-electron chi connectivity index (χ2n) is 3.78. The van der Waals surface area contributed by atoms with Crippen LogP contribution in [0.3, 0.4) is 0 Å². The van der Waals surface area contributed by atoms with Crippen LogP contribution in [0.2, 0.25) is 5.02 Å². The number of carbonyl (C=O) groups excluding carboxylic acids is 1. The minimum absolute atomic E-state index is 0.255. The minimum atomic E-state index is -0.316. The van der Waals surface area contributed by atoms with Crippen LogP contribution in [-0.2, 0) is 0 Å². The smallest absolute Gasteiger partial charge is 0.258 e. The number of nitrogens with one attached hydrogen (secondary N) is 1. The molecule has 0 aromatic carbocycles. The lowest BCUT2D eigenvalue weighted by atomic mass is 10.2. The van der Waals surface area contributed by atoms with Crippen LogP contribution in [-0.4, -0.2) is 22.4 Å². The highest BCUT2D eigenvalue weighted by atomic mass is 35.5. The number of rotatable bonds is 2. The maximum absolute atomic E-state index is 12.0. The first-order chi connectivity index (χ1) is 9.69. The highest BCUT2D eigenvalue weighted by Gasteiger charge is 2.07. The van der Waals surface area contributed by atoms with Gasteiger partial charge in [-0.1, -0.05) is 23.4 Å². The summed E-state index contributed by atoms with van der Waals surface area (Å²) in [4.78, 5) is 20.0. The van der Waals surface area contributed by atoms with Gasteiger partial charge >= 0.3 is 0 Å². The van der Waals surface area contributed by atoms with Crippen LogP contribution in [0.1, 0.15) is 15.9 Å². The van der Waals surface area contributed by atoms with Crippen LogP contribution >= 0.6 is 11.6 Å². The van der Waals surface area contributed by atoms with E-state index in [0.29, 0.717) is 22.0 Å². The Morgan fingerprint density at radius 2 is 2.20 bits per heavy atom. The molecule has 100 valence electrons. The molecule has 0 aliphatic rings. The fourth-order valence-corrected chi connectivity index (χ4v) is 1.54. The quantitative estimate of drug-likeness (QED) is 0.823. The summed E-state index contributed by atoms with van der Waals surface area (Å²) in [5, 5.41) is 3.15. The van der Waals surface area contributed by atoms with Gasteiger partial charge in [-0.3, -0.25) is 9.78 Å². The van der Waals surface area contributed by atoms with Gasteiger partial charge in [-0.25, -0.2) is 4.98 Å². The number of nitrogens with two attached hydrogens (primary N) is 1. The monoisotopic (exact) mass is 286 g/mol. The summed E-state index contributed by atoms with van der Waals surface area (Å²) in [5.41, 5.74) is 6.32. The summed E-state index contributed by atoms with van der Waals surface area (Å²) in [6.07, 6.45) is 4.48. The van der Waals surface area contributed by atoms with E-state index in [1.807, 2.05) is 0 Å². The number of hydrogen-bond acceptors (Lipinski definition) is 4. The van der Waals surface area contributed by atoms with Gasteiger partial charge in [-0.05, 0) is 18.2 Å². The third-order valence-electron chi connectivity index (χ3n) is 2.30. The molecule has 0 fully saturated rings. The van der Waals surface area contributed by atoms with Crippen LogP contribution in [0.15, 0.2) is 36.8 Å². The molecule has 20 heavy (non-hydrogen) atoms. The summed E-state index contributed by atoms with van der Waals surface area (Å²) in [5.74, 6) is 5.62. The van der Waals surface area contributed by atoms with Crippen molar-refractivity contribution in [1.29, 1.82) is 0 Å². The molecule has 2 rings (SSSR count). The fourth-order valence-electron chi connectivity index (χ4n) is 1.42. The van der Waals surface area contributed by atoms with Crippen LogP contribution in [0.4, 0.5) is 5.82 Å². The van der Waals surface area contributed by atoms with Crippen LogP contribution in [0, 0.1) is 11.8 Å². The molecule has 0 unspecified atom stereocenters. The van der Waals surface area contributed by atoms with Gasteiger partial charge in [0.15, 0.2) is 0 Å². The van der Waals surface area contributed by atoms with Gasteiger partial charge in [-0.2, -0.15) is 0 Å². The summed E-state index contributed by atoms with van der Waals surface area (Å²) in [7, 11) is 0. The summed E-state index contributed by atoms with van der Waals surface area (Å²) >= 11 is 5.72. The van der Waals surface area contributed by atoms with E-state index in [-0.39, 0.29) is 12.5 Å². The number of hydrogen-bond donors (Lipinski definition) is 2. The van der Waals surface area contributed by atoms with Crippen LogP contribution in [0.25, 0.3) is 0 Å². The molecule has 0 bridgehead atoms. The lowest BCUT2D eigenvalue weighted by Crippen LogP contribution is -2.13. The SMILES string of the molecule is NCC#Cc1cncc(C(=O)Nc2ccc(Cl)cn2)c1. The first kappa shape index (κ1) is 14.0. The van der Waals surface area contributed by atoms with Crippen molar-refractivity contribution >= 4 is 23.3 Å². The van der Waals surface area contributed by atoms with Crippen molar-refractivity contribution in [2.24, 2.45) is 5.73 Å². The Kier molecular flexibility index (Phi) is 4.66. The standard InChI is InChI=1S/C14H11ClN4O/c15-12-3-4-13(18-9-12)19-14(20)11-6-10(2-1-5-16)7-17-8-11/h3-4,6-9H,5,16H2,(H,18,19,20). The lowest BCUT2D eigenvalue weighted by Gasteiger charge is -2.04. The number of anilines is 1. The van der Waals surface area contributed by atoms with Gasteiger partial charge in [0.1, 0.15) is 5.82 Å². The molecule has 0 aliphatic heterocycles. The largest absolute Gasteiger partial charge is 0.320 e. The van der Waals surface area contributed by atoms with Crippen LogP contribution in [0.5, 0.6) is 0 Å². The minimum Gasteiger partial charge on any atom is -0.320 e. The molecule has 2 aromatic rings.